The normalized spacial score (nSPS) is 11.1. The number of allylic oxidation sites excluding steroid dienone is 1. The van der Waals surface area contributed by atoms with Crippen LogP contribution in [0.3, 0.4) is 0 Å². The molecule has 80 valence electrons. The van der Waals surface area contributed by atoms with Gasteiger partial charge < -0.3 is 5.11 Å². The van der Waals surface area contributed by atoms with E-state index in [1.807, 2.05) is 30.3 Å². The number of benzene rings is 1. The maximum Gasteiger partial charge on any atom is 0.313 e. The minimum Gasteiger partial charge on any atom is -0.481 e. The van der Waals surface area contributed by atoms with Gasteiger partial charge in [0.15, 0.2) is 0 Å². The van der Waals surface area contributed by atoms with Crippen molar-refractivity contribution in [2.75, 3.05) is 0 Å². The zero-order chi connectivity index (χ0) is 11.5. The van der Waals surface area contributed by atoms with E-state index in [1.54, 1.807) is 13.8 Å². The average Bonchev–Trinajstić information content (AvgIpc) is 2.19. The first kappa shape index (κ1) is 11.5. The van der Waals surface area contributed by atoms with Crippen LogP contribution in [-0.4, -0.2) is 11.1 Å². The maximum absolute atomic E-state index is 11.0. The van der Waals surface area contributed by atoms with Crippen LogP contribution in [0.25, 0.3) is 0 Å². The van der Waals surface area contributed by atoms with E-state index in [0.717, 1.165) is 17.5 Å². The van der Waals surface area contributed by atoms with Crippen molar-refractivity contribution < 1.29 is 9.90 Å². The third-order valence-electron chi connectivity index (χ3n) is 2.59. The number of aliphatic carboxylic acids is 1. The predicted molar refractivity (Wildman–Crippen MR) is 61.0 cm³/mol. The van der Waals surface area contributed by atoms with Gasteiger partial charge in [0.2, 0.25) is 0 Å². The van der Waals surface area contributed by atoms with E-state index in [9.17, 15) is 4.79 Å². The second-order valence-electron chi connectivity index (χ2n) is 4.12. The number of carboxylic acid groups (broad SMARTS) is 1. The number of carboxylic acids is 1. The fraction of sp³-hybridized carbons (Fsp3) is 0.308. The second-order valence-corrected chi connectivity index (χ2v) is 4.12. The van der Waals surface area contributed by atoms with E-state index >= 15 is 0 Å². The van der Waals surface area contributed by atoms with Crippen molar-refractivity contribution >= 4 is 5.97 Å². The molecule has 0 amide bonds. The minimum absolute atomic E-state index is 0.807. The second kappa shape index (κ2) is 4.30. The molecule has 0 saturated carbocycles. The molecule has 1 aromatic carbocycles. The first-order valence-electron chi connectivity index (χ1n) is 4.92. The van der Waals surface area contributed by atoms with Gasteiger partial charge >= 0.3 is 5.97 Å². The highest BCUT2D eigenvalue weighted by atomic mass is 16.4. The van der Waals surface area contributed by atoms with Gasteiger partial charge in [0.05, 0.1) is 5.41 Å². The van der Waals surface area contributed by atoms with Crippen LogP contribution in [0.5, 0.6) is 0 Å². The number of rotatable bonds is 4. The predicted octanol–water partition coefficient (Wildman–Crippen LogP) is 2.78. The first-order valence-corrected chi connectivity index (χ1v) is 4.92. The molecule has 0 radical (unpaired) electrons. The molecule has 0 unspecified atom stereocenters. The number of hydrogen-bond donors (Lipinski definition) is 1. The average molecular weight is 204 g/mol. The Morgan fingerprint density at radius 1 is 1.40 bits per heavy atom. The summed E-state index contributed by atoms with van der Waals surface area (Å²) in [7, 11) is 0. The molecular formula is C13H16O2. The Labute approximate surface area is 90.3 Å². The summed E-state index contributed by atoms with van der Waals surface area (Å²) in [6, 6.07) is 7.63. The van der Waals surface area contributed by atoms with Gasteiger partial charge in [-0.25, -0.2) is 0 Å². The lowest BCUT2D eigenvalue weighted by Gasteiger charge is -2.19. The van der Waals surface area contributed by atoms with Crippen LogP contribution in [0.1, 0.15) is 25.0 Å². The van der Waals surface area contributed by atoms with E-state index in [0.29, 0.717) is 0 Å². The van der Waals surface area contributed by atoms with E-state index < -0.39 is 11.4 Å². The zero-order valence-electron chi connectivity index (χ0n) is 9.16. The molecule has 0 saturated heterocycles. The van der Waals surface area contributed by atoms with Gasteiger partial charge in [-0.1, -0.05) is 30.3 Å². The summed E-state index contributed by atoms with van der Waals surface area (Å²) in [5.41, 5.74) is 1.14. The van der Waals surface area contributed by atoms with E-state index in [1.165, 1.54) is 0 Å². The molecular weight excluding hydrogens is 188 g/mol. The van der Waals surface area contributed by atoms with Crippen LogP contribution < -0.4 is 0 Å². The monoisotopic (exact) mass is 204 g/mol. The molecule has 0 aliphatic heterocycles. The zero-order valence-corrected chi connectivity index (χ0v) is 9.16. The molecule has 1 rings (SSSR count). The van der Waals surface area contributed by atoms with Crippen molar-refractivity contribution in [1.29, 1.82) is 0 Å². The minimum atomic E-state index is -0.827. The van der Waals surface area contributed by atoms with Crippen molar-refractivity contribution in [3.63, 3.8) is 0 Å². The van der Waals surface area contributed by atoms with Gasteiger partial charge in [-0.2, -0.15) is 0 Å². The Morgan fingerprint density at radius 3 is 2.33 bits per heavy atom. The van der Waals surface area contributed by atoms with Gasteiger partial charge in [-0.15, -0.1) is 6.58 Å². The van der Waals surface area contributed by atoms with Crippen molar-refractivity contribution in [3.05, 3.63) is 48.0 Å². The summed E-state index contributed by atoms with van der Waals surface area (Å²) in [4.78, 5) is 11.0. The van der Waals surface area contributed by atoms with E-state index in [-0.39, 0.29) is 0 Å². The van der Waals surface area contributed by atoms with Gasteiger partial charge in [0.25, 0.3) is 0 Å². The fourth-order valence-corrected chi connectivity index (χ4v) is 1.35. The largest absolute Gasteiger partial charge is 0.481 e. The highest BCUT2D eigenvalue weighted by molar-refractivity contribution is 5.80. The highest BCUT2D eigenvalue weighted by Gasteiger charge is 2.28. The maximum atomic E-state index is 11.0. The fourth-order valence-electron chi connectivity index (χ4n) is 1.35. The van der Waals surface area contributed by atoms with Crippen molar-refractivity contribution in [2.24, 2.45) is 0 Å². The van der Waals surface area contributed by atoms with Crippen molar-refractivity contribution in [3.8, 4) is 0 Å². The summed E-state index contributed by atoms with van der Waals surface area (Å²) >= 11 is 0. The van der Waals surface area contributed by atoms with Crippen LogP contribution in [0.2, 0.25) is 0 Å². The lowest BCUT2D eigenvalue weighted by Crippen LogP contribution is -2.28. The first-order chi connectivity index (χ1) is 6.98. The lowest BCUT2D eigenvalue weighted by atomic mass is 9.84. The van der Waals surface area contributed by atoms with Gasteiger partial charge in [-0.3, -0.25) is 4.79 Å². The van der Waals surface area contributed by atoms with E-state index in [4.69, 9.17) is 5.11 Å². The summed E-state index contributed by atoms with van der Waals surface area (Å²) < 4.78 is 0. The highest BCUT2D eigenvalue weighted by Crippen LogP contribution is 2.23. The third-order valence-corrected chi connectivity index (χ3v) is 2.59. The molecule has 0 aliphatic carbocycles. The Bertz CT molecular complexity index is 361. The quantitative estimate of drug-likeness (QED) is 0.766. The molecule has 15 heavy (non-hydrogen) atoms. The third kappa shape index (κ3) is 2.46. The Hall–Kier alpha value is -1.57. The number of carbonyl (C=O) groups is 1. The van der Waals surface area contributed by atoms with Crippen molar-refractivity contribution in [1.82, 2.24) is 0 Å². The summed E-state index contributed by atoms with van der Waals surface area (Å²) in [5.74, 6) is -0.807. The van der Waals surface area contributed by atoms with Gasteiger partial charge in [0, 0.05) is 0 Å². The summed E-state index contributed by atoms with van der Waals surface area (Å²) in [5, 5.41) is 9.05. The van der Waals surface area contributed by atoms with Crippen LogP contribution in [0.15, 0.2) is 36.9 Å². The van der Waals surface area contributed by atoms with Crippen LogP contribution >= 0.6 is 0 Å². The molecule has 0 aromatic heterocycles. The lowest BCUT2D eigenvalue weighted by molar-refractivity contribution is -0.142. The Morgan fingerprint density at radius 2 is 1.93 bits per heavy atom. The molecule has 0 bridgehead atoms. The molecule has 0 spiro atoms. The Kier molecular flexibility index (Phi) is 3.30. The van der Waals surface area contributed by atoms with Crippen LogP contribution in [0.4, 0.5) is 0 Å². The molecule has 0 aliphatic rings. The van der Waals surface area contributed by atoms with Crippen LogP contribution in [-0.2, 0) is 16.6 Å². The SMILES string of the molecule is C=CCc1ccc(C(C)(C)C(=O)O)cc1. The molecule has 0 fully saturated rings. The summed E-state index contributed by atoms with van der Waals surface area (Å²) in [6.07, 6.45) is 2.64. The van der Waals surface area contributed by atoms with E-state index in [2.05, 4.69) is 6.58 Å². The molecule has 0 heterocycles. The molecule has 1 N–H and O–H groups in total. The van der Waals surface area contributed by atoms with Gasteiger partial charge in [0.1, 0.15) is 0 Å². The van der Waals surface area contributed by atoms with Crippen LogP contribution in [0, 0.1) is 0 Å². The molecule has 1 aromatic rings. The molecule has 2 heteroatoms. The molecule has 2 nitrogen and oxygen atoms in total. The van der Waals surface area contributed by atoms with Crippen molar-refractivity contribution in [2.45, 2.75) is 25.7 Å². The molecule has 0 atom stereocenters. The Balaban J connectivity index is 2.98. The topological polar surface area (TPSA) is 37.3 Å². The summed E-state index contributed by atoms with van der Waals surface area (Å²) in [6.45, 7) is 7.07. The number of hydrogen-bond acceptors (Lipinski definition) is 1. The van der Waals surface area contributed by atoms with Gasteiger partial charge in [-0.05, 0) is 31.4 Å². The smallest absolute Gasteiger partial charge is 0.313 e. The standard InChI is InChI=1S/C13H16O2/c1-4-5-10-6-8-11(9-7-10)13(2,3)12(14)15/h4,6-9H,1,5H2,2-3H3,(H,14,15).